The monoisotopic (exact) mass is 586 g/mol. The fourth-order valence-electron chi connectivity index (χ4n) is 7.15. The summed E-state index contributed by atoms with van der Waals surface area (Å²) in [7, 11) is 0. The van der Waals surface area contributed by atoms with Gasteiger partial charge in [0.1, 0.15) is 0 Å². The third-order valence-electron chi connectivity index (χ3n) is 9.13. The molecule has 0 N–H and O–H groups in total. The lowest BCUT2D eigenvalue weighted by Crippen LogP contribution is -2.09. The summed E-state index contributed by atoms with van der Waals surface area (Å²) >= 11 is 0. The molecule has 0 saturated heterocycles. The molecule has 216 valence electrons. The van der Waals surface area contributed by atoms with E-state index in [1.165, 1.54) is 60.2 Å². The SMILES string of the molecule is c1ccc(-c2c3ccccc3cc3c(-n4c5ccccc5c5cc(N(c6ccccc6)c6ccccc6)ccc54)cccc23)cc1. The Balaban J connectivity index is 1.33. The number of anilines is 3. The van der Waals surface area contributed by atoms with E-state index in [1.54, 1.807) is 0 Å². The van der Waals surface area contributed by atoms with Gasteiger partial charge >= 0.3 is 0 Å². The van der Waals surface area contributed by atoms with E-state index >= 15 is 0 Å². The minimum absolute atomic E-state index is 1.13. The van der Waals surface area contributed by atoms with Gasteiger partial charge in [-0.2, -0.15) is 0 Å². The molecule has 2 heteroatoms. The van der Waals surface area contributed by atoms with E-state index in [2.05, 4.69) is 191 Å². The predicted octanol–water partition coefficient (Wildman–Crippen LogP) is 12.2. The van der Waals surface area contributed by atoms with E-state index in [0.717, 1.165) is 17.1 Å². The van der Waals surface area contributed by atoms with E-state index in [9.17, 15) is 0 Å². The Hall–Kier alpha value is -6.12. The summed E-state index contributed by atoms with van der Waals surface area (Å²) in [5, 5.41) is 7.47. The number of hydrogen-bond acceptors (Lipinski definition) is 1. The highest BCUT2D eigenvalue weighted by molar-refractivity contribution is 6.17. The first kappa shape index (κ1) is 26.3. The number of rotatable bonds is 5. The molecular formula is C44H30N2. The van der Waals surface area contributed by atoms with Gasteiger partial charge in [0.15, 0.2) is 0 Å². The Morgan fingerprint density at radius 1 is 0.348 bits per heavy atom. The van der Waals surface area contributed by atoms with Crippen molar-refractivity contribution in [3.05, 3.63) is 182 Å². The zero-order valence-electron chi connectivity index (χ0n) is 25.2. The third-order valence-corrected chi connectivity index (χ3v) is 9.13. The van der Waals surface area contributed by atoms with Crippen molar-refractivity contribution in [2.45, 2.75) is 0 Å². The van der Waals surface area contributed by atoms with Crippen LogP contribution in [0.15, 0.2) is 182 Å². The van der Waals surface area contributed by atoms with E-state index in [1.807, 2.05) is 0 Å². The molecule has 2 nitrogen and oxygen atoms in total. The zero-order valence-corrected chi connectivity index (χ0v) is 25.2. The van der Waals surface area contributed by atoms with Crippen LogP contribution in [0.2, 0.25) is 0 Å². The number of para-hydroxylation sites is 3. The van der Waals surface area contributed by atoms with Gasteiger partial charge in [0, 0.05) is 33.2 Å². The maximum Gasteiger partial charge on any atom is 0.0542 e. The van der Waals surface area contributed by atoms with Crippen molar-refractivity contribution < 1.29 is 0 Å². The van der Waals surface area contributed by atoms with E-state index in [0.29, 0.717) is 0 Å². The molecule has 0 amide bonds. The van der Waals surface area contributed by atoms with Crippen LogP contribution in [0.1, 0.15) is 0 Å². The molecule has 0 radical (unpaired) electrons. The Morgan fingerprint density at radius 2 is 0.935 bits per heavy atom. The number of hydrogen-bond donors (Lipinski definition) is 0. The summed E-state index contributed by atoms with van der Waals surface area (Å²) in [5.74, 6) is 0. The molecule has 0 bridgehead atoms. The summed E-state index contributed by atoms with van der Waals surface area (Å²) in [6, 6.07) is 65.6. The Labute approximate surface area is 268 Å². The molecule has 46 heavy (non-hydrogen) atoms. The van der Waals surface area contributed by atoms with E-state index < -0.39 is 0 Å². The van der Waals surface area contributed by atoms with Crippen LogP contribution in [0.25, 0.3) is 60.2 Å². The van der Waals surface area contributed by atoms with Crippen molar-refractivity contribution in [3.63, 3.8) is 0 Å². The van der Waals surface area contributed by atoms with Crippen LogP contribution in [0.4, 0.5) is 17.1 Å². The summed E-state index contributed by atoms with van der Waals surface area (Å²) in [5.41, 5.74) is 9.47. The van der Waals surface area contributed by atoms with Crippen LogP contribution < -0.4 is 4.90 Å². The fraction of sp³-hybridized carbons (Fsp3) is 0. The second kappa shape index (κ2) is 10.8. The van der Waals surface area contributed by atoms with Gasteiger partial charge in [-0.1, -0.05) is 121 Å². The number of benzene rings is 8. The van der Waals surface area contributed by atoms with Gasteiger partial charge in [-0.25, -0.2) is 0 Å². The second-order valence-electron chi connectivity index (χ2n) is 11.8. The number of aromatic nitrogens is 1. The lowest BCUT2D eigenvalue weighted by atomic mass is 9.91. The molecule has 9 rings (SSSR count). The molecule has 9 aromatic rings. The Morgan fingerprint density at radius 3 is 1.67 bits per heavy atom. The smallest absolute Gasteiger partial charge is 0.0542 e. The van der Waals surface area contributed by atoms with Gasteiger partial charge in [0.2, 0.25) is 0 Å². The topological polar surface area (TPSA) is 8.17 Å². The molecule has 1 aromatic heterocycles. The van der Waals surface area contributed by atoms with E-state index in [-0.39, 0.29) is 0 Å². The molecule has 0 spiro atoms. The number of fused-ring (bicyclic) bond motifs is 5. The van der Waals surface area contributed by atoms with Crippen molar-refractivity contribution in [1.82, 2.24) is 4.57 Å². The molecule has 0 unspecified atom stereocenters. The van der Waals surface area contributed by atoms with Gasteiger partial charge < -0.3 is 9.47 Å². The maximum atomic E-state index is 2.45. The quantitative estimate of drug-likeness (QED) is 0.182. The van der Waals surface area contributed by atoms with Gasteiger partial charge in [0.05, 0.1) is 16.7 Å². The normalized spacial score (nSPS) is 11.5. The molecular weight excluding hydrogens is 556 g/mol. The first-order valence-electron chi connectivity index (χ1n) is 15.8. The van der Waals surface area contributed by atoms with Crippen molar-refractivity contribution in [2.75, 3.05) is 4.90 Å². The molecule has 8 aromatic carbocycles. The summed E-state index contributed by atoms with van der Waals surface area (Å²) in [4.78, 5) is 2.34. The molecule has 0 aliphatic rings. The van der Waals surface area contributed by atoms with Gasteiger partial charge in [-0.3, -0.25) is 0 Å². The summed E-state index contributed by atoms with van der Waals surface area (Å²) in [6.07, 6.45) is 0. The maximum absolute atomic E-state index is 2.45. The van der Waals surface area contributed by atoms with Crippen molar-refractivity contribution in [2.24, 2.45) is 0 Å². The number of nitrogens with zero attached hydrogens (tertiary/aromatic N) is 2. The van der Waals surface area contributed by atoms with Gasteiger partial charge in [0.25, 0.3) is 0 Å². The van der Waals surface area contributed by atoms with Gasteiger partial charge in [-0.05, 0) is 87.9 Å². The van der Waals surface area contributed by atoms with Crippen LogP contribution in [0.5, 0.6) is 0 Å². The lowest BCUT2D eigenvalue weighted by molar-refractivity contribution is 1.20. The highest BCUT2D eigenvalue weighted by Gasteiger charge is 2.19. The first-order chi connectivity index (χ1) is 22.8. The second-order valence-corrected chi connectivity index (χ2v) is 11.8. The van der Waals surface area contributed by atoms with Crippen molar-refractivity contribution >= 4 is 60.4 Å². The van der Waals surface area contributed by atoms with Crippen LogP contribution in [-0.2, 0) is 0 Å². The highest BCUT2D eigenvalue weighted by Crippen LogP contribution is 2.43. The average molecular weight is 587 g/mol. The summed E-state index contributed by atoms with van der Waals surface area (Å²) < 4.78 is 2.45. The third kappa shape index (κ3) is 4.19. The first-order valence-corrected chi connectivity index (χ1v) is 15.8. The predicted molar refractivity (Wildman–Crippen MR) is 196 cm³/mol. The Kier molecular flexibility index (Phi) is 6.17. The molecule has 0 aliphatic carbocycles. The van der Waals surface area contributed by atoms with Gasteiger partial charge in [-0.15, -0.1) is 0 Å². The fourth-order valence-corrected chi connectivity index (χ4v) is 7.15. The zero-order chi connectivity index (χ0) is 30.5. The lowest BCUT2D eigenvalue weighted by Gasteiger charge is -2.25. The molecule has 0 aliphatic heterocycles. The minimum Gasteiger partial charge on any atom is -0.310 e. The minimum atomic E-state index is 1.13. The molecule has 1 heterocycles. The molecule has 0 fully saturated rings. The molecule has 0 atom stereocenters. The van der Waals surface area contributed by atoms with E-state index in [4.69, 9.17) is 0 Å². The standard InChI is InChI=1S/C44H30N2/c1-4-15-31(16-5-1)44-36-22-11-10-17-32(36)29-39-38(44)24-14-26-42(39)46-41-25-13-12-23-37(41)40-30-35(27-28-43(40)46)45(33-18-6-2-7-19-33)34-20-8-3-9-21-34/h1-30H. The van der Waals surface area contributed by atoms with Crippen LogP contribution in [0, 0.1) is 0 Å². The summed E-state index contributed by atoms with van der Waals surface area (Å²) in [6.45, 7) is 0. The van der Waals surface area contributed by atoms with Crippen LogP contribution in [0.3, 0.4) is 0 Å². The molecule has 0 saturated carbocycles. The van der Waals surface area contributed by atoms with Crippen LogP contribution >= 0.6 is 0 Å². The Bertz CT molecular complexity index is 2470. The van der Waals surface area contributed by atoms with Crippen LogP contribution in [-0.4, -0.2) is 4.57 Å². The largest absolute Gasteiger partial charge is 0.310 e. The van der Waals surface area contributed by atoms with Crippen molar-refractivity contribution in [1.29, 1.82) is 0 Å². The highest BCUT2D eigenvalue weighted by atomic mass is 15.1. The van der Waals surface area contributed by atoms with Crippen molar-refractivity contribution in [3.8, 4) is 16.8 Å². The average Bonchev–Trinajstić information content (AvgIpc) is 3.45.